The van der Waals surface area contributed by atoms with Gasteiger partial charge in [0.1, 0.15) is 11.9 Å². The lowest BCUT2D eigenvalue weighted by Crippen LogP contribution is -2.37. The Morgan fingerprint density at radius 1 is 1.56 bits per heavy atom. The Morgan fingerprint density at radius 3 is 3.00 bits per heavy atom. The highest BCUT2D eigenvalue weighted by atomic mass is 16.5. The lowest BCUT2D eigenvalue weighted by Gasteiger charge is -2.31. The van der Waals surface area contributed by atoms with Crippen LogP contribution in [0.4, 0.5) is 5.69 Å². The molecule has 0 spiro atoms. The van der Waals surface area contributed by atoms with Crippen molar-refractivity contribution in [2.75, 3.05) is 32.5 Å². The number of carbonyl (C=O) groups is 1. The second-order valence-electron chi connectivity index (χ2n) is 4.41. The van der Waals surface area contributed by atoms with Gasteiger partial charge < -0.3 is 20.1 Å². The molecule has 1 heterocycles. The van der Waals surface area contributed by atoms with Crippen LogP contribution in [0.1, 0.15) is 17.2 Å². The number of nitrogens with two attached hydrogens (primary N) is 1. The highest BCUT2D eigenvalue weighted by Gasteiger charge is 2.23. The summed E-state index contributed by atoms with van der Waals surface area (Å²) in [6, 6.07) is 3.76. The number of benzene rings is 1. The molecule has 0 aromatic heterocycles. The molecule has 0 saturated carbocycles. The fraction of sp³-hybridized carbons (Fsp3) is 0.462. The fourth-order valence-electron chi connectivity index (χ4n) is 2.20. The summed E-state index contributed by atoms with van der Waals surface area (Å²) >= 11 is 0. The maximum absolute atomic E-state index is 10.8. The first kappa shape index (κ1) is 12.7. The zero-order chi connectivity index (χ0) is 13.1. The molecule has 1 fully saturated rings. The molecule has 18 heavy (non-hydrogen) atoms. The molecule has 0 aliphatic carbocycles. The van der Waals surface area contributed by atoms with E-state index >= 15 is 0 Å². The molecular formula is C13H18N2O3. The minimum Gasteiger partial charge on any atom is -0.495 e. The average Bonchev–Trinajstić information content (AvgIpc) is 2.39. The van der Waals surface area contributed by atoms with E-state index in [1.807, 2.05) is 19.1 Å². The Balaban J connectivity index is 2.29. The summed E-state index contributed by atoms with van der Waals surface area (Å²) in [5.74, 6) is 0.641. The first-order valence-corrected chi connectivity index (χ1v) is 5.90. The van der Waals surface area contributed by atoms with Crippen LogP contribution in [-0.4, -0.2) is 38.1 Å². The molecule has 1 unspecified atom stereocenters. The third kappa shape index (κ3) is 2.41. The largest absolute Gasteiger partial charge is 0.495 e. The van der Waals surface area contributed by atoms with E-state index in [0.29, 0.717) is 31.1 Å². The number of rotatable bonds is 3. The van der Waals surface area contributed by atoms with Crippen molar-refractivity contribution in [1.29, 1.82) is 0 Å². The summed E-state index contributed by atoms with van der Waals surface area (Å²) < 4.78 is 10.9. The maximum Gasteiger partial charge on any atom is 0.209 e. The molecule has 0 bridgehead atoms. The first-order valence-electron chi connectivity index (χ1n) is 5.90. The molecule has 1 saturated heterocycles. The van der Waals surface area contributed by atoms with Crippen LogP contribution in [0, 0.1) is 6.92 Å². The van der Waals surface area contributed by atoms with Crippen LogP contribution in [0.25, 0.3) is 0 Å². The lowest BCUT2D eigenvalue weighted by molar-refractivity contribution is -0.125. The molecule has 5 nitrogen and oxygen atoms in total. The molecule has 1 aliphatic heterocycles. The van der Waals surface area contributed by atoms with Crippen molar-refractivity contribution in [3.05, 3.63) is 23.3 Å². The van der Waals surface area contributed by atoms with Crippen LogP contribution in [0.2, 0.25) is 0 Å². The molecule has 1 atom stereocenters. The van der Waals surface area contributed by atoms with Gasteiger partial charge in [-0.25, -0.2) is 0 Å². The summed E-state index contributed by atoms with van der Waals surface area (Å²) in [5, 5.41) is 0. The molecule has 1 aromatic rings. The van der Waals surface area contributed by atoms with Crippen molar-refractivity contribution in [3.63, 3.8) is 0 Å². The van der Waals surface area contributed by atoms with Gasteiger partial charge in [0.15, 0.2) is 0 Å². The quantitative estimate of drug-likeness (QED) is 0.645. The van der Waals surface area contributed by atoms with Crippen molar-refractivity contribution in [2.45, 2.75) is 13.0 Å². The van der Waals surface area contributed by atoms with Crippen molar-refractivity contribution >= 4 is 12.1 Å². The molecule has 5 heteroatoms. The monoisotopic (exact) mass is 250 g/mol. The van der Waals surface area contributed by atoms with E-state index in [2.05, 4.69) is 0 Å². The minimum absolute atomic E-state index is 0.113. The van der Waals surface area contributed by atoms with E-state index in [0.717, 1.165) is 17.5 Å². The smallest absolute Gasteiger partial charge is 0.209 e. The van der Waals surface area contributed by atoms with Crippen LogP contribution in [0.5, 0.6) is 5.75 Å². The fourth-order valence-corrected chi connectivity index (χ4v) is 2.20. The van der Waals surface area contributed by atoms with Gasteiger partial charge in [-0.15, -0.1) is 0 Å². The third-order valence-corrected chi connectivity index (χ3v) is 3.21. The van der Waals surface area contributed by atoms with E-state index in [4.69, 9.17) is 15.2 Å². The normalized spacial score (nSPS) is 19.7. The molecule has 2 rings (SSSR count). The predicted octanol–water partition coefficient (Wildman–Crippen LogP) is 1.12. The van der Waals surface area contributed by atoms with Crippen LogP contribution < -0.4 is 10.5 Å². The summed E-state index contributed by atoms with van der Waals surface area (Å²) in [5.41, 5.74) is 8.53. The van der Waals surface area contributed by atoms with Gasteiger partial charge in [-0.3, -0.25) is 4.79 Å². The van der Waals surface area contributed by atoms with Crippen LogP contribution in [0.15, 0.2) is 12.1 Å². The van der Waals surface area contributed by atoms with Gasteiger partial charge in [0.2, 0.25) is 6.41 Å². The number of hydrogen-bond donors (Lipinski definition) is 1. The van der Waals surface area contributed by atoms with Gasteiger partial charge in [-0.2, -0.15) is 0 Å². The molecule has 98 valence electrons. The Hall–Kier alpha value is -1.75. The topological polar surface area (TPSA) is 64.8 Å². The standard InChI is InChI=1S/C13H18N2O3/c1-9-5-11(14)12(17-2)6-10(9)13-7-15(8-16)3-4-18-13/h5-6,8,13H,3-4,7,14H2,1-2H3. The first-order chi connectivity index (χ1) is 8.65. The van der Waals surface area contributed by atoms with Crippen LogP contribution >= 0.6 is 0 Å². The SMILES string of the molecule is COc1cc(C2CN(C=O)CCO2)c(C)cc1N. The number of carbonyl (C=O) groups excluding carboxylic acids is 1. The number of hydrogen-bond acceptors (Lipinski definition) is 4. The highest BCUT2D eigenvalue weighted by Crippen LogP contribution is 2.32. The van der Waals surface area contributed by atoms with Crippen LogP contribution in [-0.2, 0) is 9.53 Å². The number of nitrogens with zero attached hydrogens (tertiary/aromatic N) is 1. The van der Waals surface area contributed by atoms with Crippen molar-refractivity contribution in [2.24, 2.45) is 0 Å². The summed E-state index contributed by atoms with van der Waals surface area (Å²) in [7, 11) is 1.59. The number of ether oxygens (including phenoxy) is 2. The molecule has 1 amide bonds. The lowest BCUT2D eigenvalue weighted by atomic mass is 10.0. The molecular weight excluding hydrogens is 232 g/mol. The summed E-state index contributed by atoms with van der Waals surface area (Å²) in [6.45, 7) is 3.74. The van der Waals surface area contributed by atoms with Gasteiger partial charge in [0.05, 0.1) is 25.9 Å². The maximum atomic E-state index is 10.8. The van der Waals surface area contributed by atoms with Crippen molar-refractivity contribution in [1.82, 2.24) is 4.90 Å². The summed E-state index contributed by atoms with van der Waals surface area (Å²) in [4.78, 5) is 12.5. The summed E-state index contributed by atoms with van der Waals surface area (Å²) in [6.07, 6.45) is 0.748. The highest BCUT2D eigenvalue weighted by molar-refractivity contribution is 5.57. The third-order valence-electron chi connectivity index (χ3n) is 3.21. The van der Waals surface area contributed by atoms with Gasteiger partial charge in [0, 0.05) is 6.54 Å². The predicted molar refractivity (Wildman–Crippen MR) is 68.5 cm³/mol. The second kappa shape index (κ2) is 5.27. The molecule has 1 aromatic carbocycles. The molecule has 1 aliphatic rings. The van der Waals surface area contributed by atoms with E-state index < -0.39 is 0 Å². The Morgan fingerprint density at radius 2 is 2.33 bits per heavy atom. The number of morpholine rings is 1. The number of methoxy groups -OCH3 is 1. The van der Waals surface area contributed by atoms with Crippen LogP contribution in [0.3, 0.4) is 0 Å². The van der Waals surface area contributed by atoms with E-state index in [-0.39, 0.29) is 6.10 Å². The second-order valence-corrected chi connectivity index (χ2v) is 4.41. The zero-order valence-corrected chi connectivity index (χ0v) is 10.7. The Labute approximate surface area is 106 Å². The number of anilines is 1. The van der Waals surface area contributed by atoms with Crippen molar-refractivity contribution < 1.29 is 14.3 Å². The molecule has 2 N–H and O–H groups in total. The van der Waals surface area contributed by atoms with Gasteiger partial charge in [-0.1, -0.05) is 0 Å². The zero-order valence-electron chi connectivity index (χ0n) is 10.7. The van der Waals surface area contributed by atoms with Gasteiger partial charge >= 0.3 is 0 Å². The van der Waals surface area contributed by atoms with Gasteiger partial charge in [-0.05, 0) is 30.2 Å². The number of aryl methyl sites for hydroxylation is 1. The van der Waals surface area contributed by atoms with Gasteiger partial charge in [0.25, 0.3) is 0 Å². The van der Waals surface area contributed by atoms with E-state index in [9.17, 15) is 4.79 Å². The Kier molecular flexibility index (Phi) is 3.72. The van der Waals surface area contributed by atoms with E-state index in [1.165, 1.54) is 0 Å². The Bertz CT molecular complexity index is 448. The average molecular weight is 250 g/mol. The van der Waals surface area contributed by atoms with E-state index in [1.54, 1.807) is 12.0 Å². The number of amides is 1. The van der Waals surface area contributed by atoms with Crippen molar-refractivity contribution in [3.8, 4) is 5.75 Å². The number of nitrogen functional groups attached to an aromatic ring is 1. The minimum atomic E-state index is -0.113. The molecule has 0 radical (unpaired) electrons.